The lowest BCUT2D eigenvalue weighted by Crippen LogP contribution is -2.26. The molecule has 1 amide bonds. The lowest BCUT2D eigenvalue weighted by molar-refractivity contribution is 0.0785. The van der Waals surface area contributed by atoms with Crippen molar-refractivity contribution < 1.29 is 4.79 Å². The molecule has 0 aliphatic carbocycles. The Bertz CT molecular complexity index is 769. The molecule has 0 unspecified atom stereocenters. The zero-order chi connectivity index (χ0) is 14.8. The number of aromatic nitrogens is 2. The topological polar surface area (TPSA) is 46.1 Å². The molecule has 1 aromatic carbocycles. The van der Waals surface area contributed by atoms with Crippen molar-refractivity contribution in [3.05, 3.63) is 58.3 Å². The Morgan fingerprint density at radius 1 is 1.29 bits per heavy atom. The first-order chi connectivity index (χ1) is 10.1. The predicted molar refractivity (Wildman–Crippen MR) is 84.7 cm³/mol. The van der Waals surface area contributed by atoms with E-state index < -0.39 is 0 Å². The van der Waals surface area contributed by atoms with E-state index >= 15 is 0 Å². The summed E-state index contributed by atoms with van der Waals surface area (Å²) in [7, 11) is 1.73. The van der Waals surface area contributed by atoms with Gasteiger partial charge in [0.25, 0.3) is 5.91 Å². The van der Waals surface area contributed by atoms with Crippen molar-refractivity contribution >= 4 is 39.1 Å². The highest BCUT2D eigenvalue weighted by Crippen LogP contribution is 2.23. The second-order valence-electron chi connectivity index (χ2n) is 4.58. The number of nitrogens with zero attached hydrogens (tertiary/aromatic N) is 3. The van der Waals surface area contributed by atoms with Crippen LogP contribution in [0.15, 0.2) is 42.6 Å². The predicted octanol–water partition coefficient (Wildman–Crippen LogP) is 3.62. The zero-order valence-electron chi connectivity index (χ0n) is 11.3. The number of carbonyl (C=O) groups excluding carboxylic acids is 1. The maximum atomic E-state index is 12.4. The Balaban J connectivity index is 1.81. The van der Waals surface area contributed by atoms with Crippen LogP contribution in [0.5, 0.6) is 0 Å². The minimum Gasteiger partial charge on any atom is -0.335 e. The number of rotatable bonds is 3. The second kappa shape index (κ2) is 5.79. The van der Waals surface area contributed by atoms with Gasteiger partial charge in [0.2, 0.25) is 0 Å². The Labute approximate surface area is 131 Å². The van der Waals surface area contributed by atoms with E-state index in [2.05, 4.69) is 9.97 Å². The van der Waals surface area contributed by atoms with E-state index in [0.717, 1.165) is 15.2 Å². The average molecular weight is 318 g/mol. The highest BCUT2D eigenvalue weighted by atomic mass is 35.5. The average Bonchev–Trinajstić information content (AvgIpc) is 2.89. The summed E-state index contributed by atoms with van der Waals surface area (Å²) >= 11 is 7.55. The number of thiazole rings is 1. The molecule has 0 fully saturated rings. The molecule has 0 saturated heterocycles. The van der Waals surface area contributed by atoms with Crippen LogP contribution >= 0.6 is 22.9 Å². The summed E-state index contributed by atoms with van der Waals surface area (Å²) in [5, 5.41) is 1.12. The van der Waals surface area contributed by atoms with Crippen molar-refractivity contribution in [1.29, 1.82) is 0 Å². The molecule has 0 atom stereocenters. The van der Waals surface area contributed by atoms with Crippen molar-refractivity contribution in [2.75, 3.05) is 7.05 Å². The molecule has 0 saturated carbocycles. The van der Waals surface area contributed by atoms with Crippen LogP contribution in [-0.4, -0.2) is 27.8 Å². The number of halogens is 1. The molecule has 0 radical (unpaired) electrons. The lowest BCUT2D eigenvalue weighted by Gasteiger charge is -2.15. The van der Waals surface area contributed by atoms with E-state index in [1.807, 2.05) is 24.3 Å². The molecule has 4 nitrogen and oxygen atoms in total. The molecule has 0 bridgehead atoms. The zero-order valence-corrected chi connectivity index (χ0v) is 12.9. The van der Waals surface area contributed by atoms with E-state index in [0.29, 0.717) is 12.1 Å². The fraction of sp³-hybridized carbons (Fsp3) is 0.133. The first-order valence-corrected chi connectivity index (χ1v) is 7.55. The van der Waals surface area contributed by atoms with Crippen molar-refractivity contribution in [1.82, 2.24) is 14.9 Å². The van der Waals surface area contributed by atoms with E-state index in [9.17, 15) is 4.79 Å². The molecule has 6 heteroatoms. The number of para-hydroxylation sites is 1. The number of carbonyl (C=O) groups is 1. The van der Waals surface area contributed by atoms with Crippen LogP contribution in [0.3, 0.4) is 0 Å². The SMILES string of the molecule is CN(Cc1nc2ccccc2s1)C(=O)c1cccnc1Cl. The van der Waals surface area contributed by atoms with Crippen molar-refractivity contribution in [2.45, 2.75) is 6.54 Å². The summed E-state index contributed by atoms with van der Waals surface area (Å²) in [6.45, 7) is 0.448. The van der Waals surface area contributed by atoms with Crippen LogP contribution in [-0.2, 0) is 6.54 Å². The summed E-state index contributed by atoms with van der Waals surface area (Å²) in [6, 6.07) is 11.3. The van der Waals surface area contributed by atoms with Crippen LogP contribution in [0.1, 0.15) is 15.4 Å². The fourth-order valence-electron chi connectivity index (χ4n) is 2.01. The number of amides is 1. The lowest BCUT2D eigenvalue weighted by atomic mass is 10.2. The highest BCUT2D eigenvalue weighted by Gasteiger charge is 2.17. The van der Waals surface area contributed by atoms with E-state index in [1.54, 1.807) is 41.6 Å². The van der Waals surface area contributed by atoms with E-state index in [1.165, 1.54) is 0 Å². The van der Waals surface area contributed by atoms with Gasteiger partial charge in [-0.1, -0.05) is 23.7 Å². The smallest absolute Gasteiger partial charge is 0.257 e. The van der Waals surface area contributed by atoms with Gasteiger partial charge in [-0.2, -0.15) is 0 Å². The van der Waals surface area contributed by atoms with Gasteiger partial charge in [-0.25, -0.2) is 9.97 Å². The summed E-state index contributed by atoms with van der Waals surface area (Å²) in [5.74, 6) is -0.160. The van der Waals surface area contributed by atoms with Crippen molar-refractivity contribution in [3.8, 4) is 0 Å². The van der Waals surface area contributed by atoms with Gasteiger partial charge >= 0.3 is 0 Å². The molecule has 21 heavy (non-hydrogen) atoms. The minimum atomic E-state index is -0.160. The van der Waals surface area contributed by atoms with Gasteiger partial charge in [0, 0.05) is 13.2 Å². The van der Waals surface area contributed by atoms with E-state index in [4.69, 9.17) is 11.6 Å². The second-order valence-corrected chi connectivity index (χ2v) is 6.05. The molecular formula is C15H12ClN3OS. The summed E-state index contributed by atoms with van der Waals surface area (Å²) in [6.07, 6.45) is 1.56. The molecule has 0 spiro atoms. The number of hydrogen-bond donors (Lipinski definition) is 0. The maximum Gasteiger partial charge on any atom is 0.257 e. The molecule has 106 valence electrons. The Kier molecular flexibility index (Phi) is 3.86. The minimum absolute atomic E-state index is 0.160. The molecule has 3 rings (SSSR count). The quantitative estimate of drug-likeness (QED) is 0.693. The summed E-state index contributed by atoms with van der Waals surface area (Å²) < 4.78 is 1.12. The van der Waals surface area contributed by atoms with Crippen LogP contribution in [0.25, 0.3) is 10.2 Å². The summed E-state index contributed by atoms with van der Waals surface area (Å²) in [5.41, 5.74) is 1.36. The summed E-state index contributed by atoms with van der Waals surface area (Å²) in [4.78, 5) is 22.4. The van der Waals surface area contributed by atoms with Gasteiger partial charge in [-0.05, 0) is 24.3 Å². The van der Waals surface area contributed by atoms with Crippen LogP contribution in [0.2, 0.25) is 5.15 Å². The first kappa shape index (κ1) is 14.0. The Hall–Kier alpha value is -1.98. The standard InChI is InChI=1S/C15H12ClN3OS/c1-19(15(20)10-5-4-8-17-14(10)16)9-13-18-11-6-2-3-7-12(11)21-13/h2-8H,9H2,1H3. The van der Waals surface area contributed by atoms with Gasteiger partial charge < -0.3 is 4.90 Å². The molecule has 0 aliphatic rings. The third-order valence-electron chi connectivity index (χ3n) is 3.05. The molecule has 0 aliphatic heterocycles. The van der Waals surface area contributed by atoms with Gasteiger partial charge in [0.1, 0.15) is 10.2 Å². The molecule has 2 heterocycles. The largest absolute Gasteiger partial charge is 0.335 e. The molecule has 3 aromatic rings. The van der Waals surface area contributed by atoms with Crippen molar-refractivity contribution in [2.24, 2.45) is 0 Å². The Morgan fingerprint density at radius 3 is 2.86 bits per heavy atom. The van der Waals surface area contributed by atoms with Crippen LogP contribution in [0.4, 0.5) is 0 Å². The van der Waals surface area contributed by atoms with Gasteiger partial charge in [0.15, 0.2) is 0 Å². The van der Waals surface area contributed by atoms with Gasteiger partial charge in [-0.3, -0.25) is 4.79 Å². The van der Waals surface area contributed by atoms with Gasteiger partial charge in [0.05, 0.1) is 22.3 Å². The first-order valence-electron chi connectivity index (χ1n) is 6.35. The monoisotopic (exact) mass is 317 g/mol. The number of hydrogen-bond acceptors (Lipinski definition) is 4. The molecule has 2 aromatic heterocycles. The molecule has 0 N–H and O–H groups in total. The third kappa shape index (κ3) is 2.89. The Morgan fingerprint density at radius 2 is 2.10 bits per heavy atom. The fourth-order valence-corrected chi connectivity index (χ4v) is 3.23. The normalized spacial score (nSPS) is 10.8. The van der Waals surface area contributed by atoms with Gasteiger partial charge in [-0.15, -0.1) is 11.3 Å². The maximum absolute atomic E-state index is 12.4. The van der Waals surface area contributed by atoms with Crippen molar-refractivity contribution in [3.63, 3.8) is 0 Å². The molecular weight excluding hydrogens is 306 g/mol. The van der Waals surface area contributed by atoms with E-state index in [-0.39, 0.29) is 11.1 Å². The number of fused-ring (bicyclic) bond motifs is 1. The highest BCUT2D eigenvalue weighted by molar-refractivity contribution is 7.18. The third-order valence-corrected chi connectivity index (χ3v) is 4.37. The van der Waals surface area contributed by atoms with Crippen LogP contribution < -0.4 is 0 Å². The number of pyridine rings is 1. The van der Waals surface area contributed by atoms with Crippen LogP contribution in [0, 0.1) is 0 Å². The number of benzene rings is 1.